The van der Waals surface area contributed by atoms with E-state index >= 15 is 0 Å². The number of anilines is 1. The van der Waals surface area contributed by atoms with Gasteiger partial charge in [-0.25, -0.2) is 18.5 Å². The highest BCUT2D eigenvalue weighted by Gasteiger charge is 2.15. The summed E-state index contributed by atoms with van der Waals surface area (Å²) in [5.74, 6) is 0.485. The van der Waals surface area contributed by atoms with Crippen molar-refractivity contribution < 1.29 is 8.42 Å². The van der Waals surface area contributed by atoms with Crippen LogP contribution in [0, 0.1) is 25.2 Å². The van der Waals surface area contributed by atoms with Gasteiger partial charge in [0.05, 0.1) is 16.5 Å². The molecule has 0 saturated carbocycles. The first kappa shape index (κ1) is 16.9. The molecule has 0 spiro atoms. The Morgan fingerprint density at radius 2 is 2.00 bits per heavy atom. The third-order valence-electron chi connectivity index (χ3n) is 3.50. The summed E-state index contributed by atoms with van der Waals surface area (Å²) in [6, 6.07) is 10.1. The summed E-state index contributed by atoms with van der Waals surface area (Å²) in [7, 11) is -3.75. The third kappa shape index (κ3) is 3.86. The van der Waals surface area contributed by atoms with Crippen molar-refractivity contribution in [3.05, 3.63) is 52.7 Å². The first-order valence-electron chi connectivity index (χ1n) is 7.00. The summed E-state index contributed by atoms with van der Waals surface area (Å²) in [5.41, 5.74) is 2.86. The van der Waals surface area contributed by atoms with E-state index in [-0.39, 0.29) is 10.9 Å². The minimum absolute atomic E-state index is 0.0533. The minimum atomic E-state index is -3.75. The van der Waals surface area contributed by atoms with Gasteiger partial charge < -0.3 is 5.32 Å². The molecule has 0 bridgehead atoms. The number of nitriles is 1. The summed E-state index contributed by atoms with van der Waals surface area (Å²) < 4.78 is 22.9. The molecule has 3 N–H and O–H groups in total. The highest BCUT2D eigenvalue weighted by molar-refractivity contribution is 7.89. The average Bonchev–Trinajstić information content (AvgIpc) is 2.46. The summed E-state index contributed by atoms with van der Waals surface area (Å²) in [6.07, 6.45) is 0. The molecule has 6 nitrogen and oxygen atoms in total. The Hall–Kier alpha value is -2.43. The van der Waals surface area contributed by atoms with Gasteiger partial charge in [0, 0.05) is 5.69 Å². The summed E-state index contributed by atoms with van der Waals surface area (Å²) >= 11 is 0. The number of aromatic nitrogens is 1. The number of hydrogen-bond acceptors (Lipinski definition) is 5. The molecule has 1 heterocycles. The van der Waals surface area contributed by atoms with E-state index in [4.69, 9.17) is 5.14 Å². The number of sulfonamides is 1. The lowest BCUT2D eigenvalue weighted by Gasteiger charge is -2.17. The highest BCUT2D eigenvalue weighted by atomic mass is 32.2. The normalized spacial score (nSPS) is 12.5. The molecule has 2 rings (SSSR count). The minimum Gasteiger partial charge on any atom is -0.362 e. The number of benzene rings is 1. The number of aryl methyl sites for hydroxylation is 2. The van der Waals surface area contributed by atoms with Crippen LogP contribution in [0.25, 0.3) is 0 Å². The molecule has 0 radical (unpaired) electrons. The van der Waals surface area contributed by atoms with Gasteiger partial charge in [-0.15, -0.1) is 0 Å². The Bertz CT molecular complexity index is 885. The number of primary sulfonamides is 1. The summed E-state index contributed by atoms with van der Waals surface area (Å²) in [5, 5.41) is 17.6. The lowest BCUT2D eigenvalue weighted by molar-refractivity contribution is 0.597. The van der Waals surface area contributed by atoms with Gasteiger partial charge in [0.15, 0.2) is 0 Å². The van der Waals surface area contributed by atoms with E-state index in [1.54, 1.807) is 12.1 Å². The van der Waals surface area contributed by atoms with Crippen LogP contribution >= 0.6 is 0 Å². The molecular formula is C16H18N4O2S. The van der Waals surface area contributed by atoms with E-state index < -0.39 is 10.0 Å². The van der Waals surface area contributed by atoms with Crippen LogP contribution in [0.4, 0.5) is 5.82 Å². The molecule has 7 heteroatoms. The first-order chi connectivity index (χ1) is 10.7. The number of rotatable bonds is 4. The number of nitrogens with zero attached hydrogens (tertiary/aromatic N) is 2. The fourth-order valence-corrected chi connectivity index (χ4v) is 2.90. The molecule has 1 unspecified atom stereocenters. The van der Waals surface area contributed by atoms with Crippen molar-refractivity contribution in [1.82, 2.24) is 4.98 Å². The lowest BCUT2D eigenvalue weighted by atomic mass is 10.1. The van der Waals surface area contributed by atoms with Gasteiger partial charge in [0.1, 0.15) is 11.9 Å². The standard InChI is InChI=1S/C16H18N4O2S/c1-10-7-11(2)19-16(15(10)9-17)20-12(3)13-5-4-6-14(8-13)23(18,21)22/h4-8,12H,1-3H3,(H,19,20)(H2,18,21,22). The van der Waals surface area contributed by atoms with Crippen LogP contribution in [0.5, 0.6) is 0 Å². The van der Waals surface area contributed by atoms with Gasteiger partial charge in [0.2, 0.25) is 10.0 Å². The molecule has 120 valence electrons. The zero-order chi connectivity index (χ0) is 17.2. The maximum absolute atomic E-state index is 11.5. The van der Waals surface area contributed by atoms with Gasteiger partial charge in [0.25, 0.3) is 0 Å². The smallest absolute Gasteiger partial charge is 0.238 e. The van der Waals surface area contributed by atoms with Gasteiger partial charge in [-0.05, 0) is 50.1 Å². The summed E-state index contributed by atoms with van der Waals surface area (Å²) in [4.78, 5) is 4.42. The molecular weight excluding hydrogens is 312 g/mol. The lowest BCUT2D eigenvalue weighted by Crippen LogP contribution is -2.14. The SMILES string of the molecule is Cc1cc(C)c(C#N)c(NC(C)c2cccc(S(N)(=O)=O)c2)n1. The Morgan fingerprint density at radius 1 is 1.30 bits per heavy atom. The fourth-order valence-electron chi connectivity index (χ4n) is 2.33. The average molecular weight is 330 g/mol. The van der Waals surface area contributed by atoms with Crippen molar-refractivity contribution in [3.63, 3.8) is 0 Å². The van der Waals surface area contributed by atoms with Crippen molar-refractivity contribution in [3.8, 4) is 6.07 Å². The third-order valence-corrected chi connectivity index (χ3v) is 4.41. The molecule has 2 aromatic rings. The van der Waals surface area contributed by atoms with Crippen LogP contribution < -0.4 is 10.5 Å². The van der Waals surface area contributed by atoms with E-state index in [2.05, 4.69) is 16.4 Å². The van der Waals surface area contributed by atoms with Crippen LogP contribution in [-0.2, 0) is 10.0 Å². The van der Waals surface area contributed by atoms with Crippen molar-refractivity contribution in [2.24, 2.45) is 5.14 Å². The molecule has 1 aromatic heterocycles. The van der Waals surface area contributed by atoms with Crippen LogP contribution in [0.15, 0.2) is 35.2 Å². The van der Waals surface area contributed by atoms with E-state index in [0.29, 0.717) is 11.4 Å². The Kier molecular flexibility index (Phi) is 4.68. The van der Waals surface area contributed by atoms with Gasteiger partial charge in [-0.3, -0.25) is 0 Å². The highest BCUT2D eigenvalue weighted by Crippen LogP contribution is 2.24. The van der Waals surface area contributed by atoms with E-state index in [1.165, 1.54) is 12.1 Å². The molecule has 23 heavy (non-hydrogen) atoms. The molecule has 0 amide bonds. The first-order valence-corrected chi connectivity index (χ1v) is 8.54. The molecule has 0 saturated heterocycles. The van der Waals surface area contributed by atoms with Crippen molar-refractivity contribution >= 4 is 15.8 Å². The predicted octanol–water partition coefficient (Wildman–Crippen LogP) is 2.39. The summed E-state index contributed by atoms with van der Waals surface area (Å²) in [6.45, 7) is 5.57. The number of pyridine rings is 1. The maximum atomic E-state index is 11.5. The zero-order valence-electron chi connectivity index (χ0n) is 13.2. The van der Waals surface area contributed by atoms with Crippen molar-refractivity contribution in [2.75, 3.05) is 5.32 Å². The Labute approximate surface area is 136 Å². The molecule has 1 aromatic carbocycles. The molecule has 0 fully saturated rings. The second kappa shape index (κ2) is 6.36. The van der Waals surface area contributed by atoms with Crippen molar-refractivity contribution in [1.29, 1.82) is 5.26 Å². The molecule has 0 aliphatic carbocycles. The van der Waals surface area contributed by atoms with Gasteiger partial charge in [-0.2, -0.15) is 5.26 Å². The van der Waals surface area contributed by atoms with Crippen LogP contribution in [0.1, 0.15) is 35.3 Å². The zero-order valence-corrected chi connectivity index (χ0v) is 14.0. The Balaban J connectivity index is 2.37. The second-order valence-electron chi connectivity index (χ2n) is 5.40. The van der Waals surface area contributed by atoms with Crippen molar-refractivity contribution in [2.45, 2.75) is 31.7 Å². The van der Waals surface area contributed by atoms with E-state index in [0.717, 1.165) is 16.8 Å². The predicted molar refractivity (Wildman–Crippen MR) is 88.3 cm³/mol. The van der Waals surface area contributed by atoms with Gasteiger partial charge >= 0.3 is 0 Å². The quantitative estimate of drug-likeness (QED) is 0.894. The second-order valence-corrected chi connectivity index (χ2v) is 6.96. The molecule has 0 aliphatic heterocycles. The van der Waals surface area contributed by atoms with E-state index in [1.807, 2.05) is 26.8 Å². The number of nitrogens with one attached hydrogen (secondary N) is 1. The van der Waals surface area contributed by atoms with Crippen LogP contribution in [-0.4, -0.2) is 13.4 Å². The topological polar surface area (TPSA) is 109 Å². The monoisotopic (exact) mass is 330 g/mol. The Morgan fingerprint density at radius 3 is 2.61 bits per heavy atom. The van der Waals surface area contributed by atoms with Crippen LogP contribution in [0.2, 0.25) is 0 Å². The number of hydrogen-bond donors (Lipinski definition) is 2. The largest absolute Gasteiger partial charge is 0.362 e. The fraction of sp³-hybridized carbons (Fsp3) is 0.250. The molecule has 0 aliphatic rings. The molecule has 1 atom stereocenters. The van der Waals surface area contributed by atoms with E-state index in [9.17, 15) is 13.7 Å². The van der Waals surface area contributed by atoms with Gasteiger partial charge in [-0.1, -0.05) is 12.1 Å². The number of nitrogens with two attached hydrogens (primary N) is 1. The van der Waals surface area contributed by atoms with Crippen LogP contribution in [0.3, 0.4) is 0 Å². The maximum Gasteiger partial charge on any atom is 0.238 e.